The summed E-state index contributed by atoms with van der Waals surface area (Å²) in [4.78, 5) is 9.53. The van der Waals surface area contributed by atoms with Crippen molar-refractivity contribution in [3.8, 4) is 0 Å². The molecule has 186 valence electrons. The zero-order valence-electron chi connectivity index (χ0n) is 20.3. The molecule has 3 saturated heterocycles. The molecule has 1 aromatic carbocycles. The van der Waals surface area contributed by atoms with Gasteiger partial charge in [-0.3, -0.25) is 4.99 Å². The highest BCUT2D eigenvalue weighted by molar-refractivity contribution is 14.0. The van der Waals surface area contributed by atoms with E-state index in [1.165, 1.54) is 57.3 Å². The molecule has 0 radical (unpaired) electrons. The lowest BCUT2D eigenvalue weighted by atomic mass is 9.90. The van der Waals surface area contributed by atoms with Crippen molar-refractivity contribution < 1.29 is 9.47 Å². The van der Waals surface area contributed by atoms with E-state index in [-0.39, 0.29) is 36.2 Å². The molecule has 0 bridgehead atoms. The fourth-order valence-electron chi connectivity index (χ4n) is 5.34. The van der Waals surface area contributed by atoms with Crippen LogP contribution in [-0.4, -0.2) is 87.5 Å². The maximum absolute atomic E-state index is 5.98. The molecule has 0 saturated carbocycles. The zero-order valence-corrected chi connectivity index (χ0v) is 22.6. The van der Waals surface area contributed by atoms with Crippen molar-refractivity contribution in [1.82, 2.24) is 15.1 Å². The summed E-state index contributed by atoms with van der Waals surface area (Å²) in [5.41, 5.74) is 1.49. The third kappa shape index (κ3) is 8.37. The van der Waals surface area contributed by atoms with E-state index in [0.717, 1.165) is 57.6 Å². The number of unbranched alkanes of at least 4 members (excludes halogenated alkanes) is 1. The van der Waals surface area contributed by atoms with Crippen molar-refractivity contribution in [3.63, 3.8) is 0 Å². The van der Waals surface area contributed by atoms with E-state index >= 15 is 0 Å². The first-order chi connectivity index (χ1) is 15.8. The molecule has 0 aliphatic carbocycles. The number of halogens is 1. The Balaban J connectivity index is 0.00000306. The normalized spacial score (nSPS) is 25.1. The van der Waals surface area contributed by atoms with Crippen LogP contribution in [0.4, 0.5) is 0 Å². The van der Waals surface area contributed by atoms with Gasteiger partial charge in [0, 0.05) is 33.3 Å². The number of guanidine groups is 1. The molecule has 2 unspecified atom stereocenters. The fraction of sp³-hybridized carbons (Fsp3) is 0.731. The monoisotopic (exact) mass is 570 g/mol. The molecule has 7 heteroatoms. The maximum Gasteiger partial charge on any atom is 0.193 e. The van der Waals surface area contributed by atoms with E-state index in [4.69, 9.17) is 9.47 Å². The van der Waals surface area contributed by atoms with Crippen molar-refractivity contribution in [2.75, 3.05) is 59.5 Å². The second-order valence-corrected chi connectivity index (χ2v) is 9.56. The SMILES string of the molecule is CN=C(NCCCCN1CCC(Cc2ccccc2)CC1)N1CCOC(C2CCCO2)C1.I. The van der Waals surface area contributed by atoms with Crippen LogP contribution in [0.25, 0.3) is 0 Å². The molecule has 1 aromatic rings. The van der Waals surface area contributed by atoms with Gasteiger partial charge < -0.3 is 24.6 Å². The van der Waals surface area contributed by atoms with Gasteiger partial charge >= 0.3 is 0 Å². The van der Waals surface area contributed by atoms with Gasteiger partial charge in [-0.25, -0.2) is 0 Å². The highest BCUT2D eigenvalue weighted by Crippen LogP contribution is 2.22. The lowest BCUT2D eigenvalue weighted by molar-refractivity contribution is -0.0816. The number of aliphatic imine (C=N–C) groups is 1. The number of hydrogen-bond acceptors (Lipinski definition) is 4. The number of morpholine rings is 1. The number of benzene rings is 1. The van der Waals surface area contributed by atoms with Gasteiger partial charge in [0.2, 0.25) is 0 Å². The van der Waals surface area contributed by atoms with Crippen molar-refractivity contribution >= 4 is 29.9 Å². The second-order valence-electron chi connectivity index (χ2n) is 9.56. The molecule has 3 fully saturated rings. The Morgan fingerprint density at radius 3 is 2.52 bits per heavy atom. The van der Waals surface area contributed by atoms with Crippen LogP contribution in [0.3, 0.4) is 0 Å². The summed E-state index contributed by atoms with van der Waals surface area (Å²) >= 11 is 0. The minimum atomic E-state index is 0. The molecule has 0 amide bonds. The van der Waals surface area contributed by atoms with Crippen LogP contribution in [0.2, 0.25) is 0 Å². The Hall–Kier alpha value is -0.900. The van der Waals surface area contributed by atoms with Crippen LogP contribution in [0, 0.1) is 5.92 Å². The van der Waals surface area contributed by atoms with Gasteiger partial charge in [-0.2, -0.15) is 0 Å². The van der Waals surface area contributed by atoms with E-state index < -0.39 is 0 Å². The first-order valence-electron chi connectivity index (χ1n) is 12.8. The Kier molecular flexibility index (Phi) is 11.7. The van der Waals surface area contributed by atoms with Crippen LogP contribution in [0.5, 0.6) is 0 Å². The minimum absolute atomic E-state index is 0. The topological polar surface area (TPSA) is 49.3 Å². The molecule has 33 heavy (non-hydrogen) atoms. The highest BCUT2D eigenvalue weighted by Gasteiger charge is 2.32. The van der Waals surface area contributed by atoms with Gasteiger partial charge in [-0.05, 0) is 76.1 Å². The summed E-state index contributed by atoms with van der Waals surface area (Å²) < 4.78 is 11.8. The lowest BCUT2D eigenvalue weighted by Crippen LogP contribution is -2.53. The summed E-state index contributed by atoms with van der Waals surface area (Å²) in [6.07, 6.45) is 9.05. The molecular formula is C26H43IN4O2. The summed E-state index contributed by atoms with van der Waals surface area (Å²) in [6.45, 7) is 8.13. The van der Waals surface area contributed by atoms with Crippen molar-refractivity contribution in [1.29, 1.82) is 0 Å². The van der Waals surface area contributed by atoms with E-state index in [1.54, 1.807) is 0 Å². The third-order valence-corrected chi connectivity index (χ3v) is 7.24. The fourth-order valence-corrected chi connectivity index (χ4v) is 5.34. The number of hydrogen-bond donors (Lipinski definition) is 1. The van der Waals surface area contributed by atoms with Crippen LogP contribution in [-0.2, 0) is 15.9 Å². The van der Waals surface area contributed by atoms with Gasteiger partial charge in [-0.1, -0.05) is 30.3 Å². The molecule has 0 spiro atoms. The van der Waals surface area contributed by atoms with Crippen molar-refractivity contribution in [2.45, 2.75) is 57.2 Å². The number of ether oxygens (including phenoxy) is 2. The smallest absolute Gasteiger partial charge is 0.193 e. The van der Waals surface area contributed by atoms with Gasteiger partial charge in [0.25, 0.3) is 0 Å². The lowest BCUT2D eigenvalue weighted by Gasteiger charge is -2.37. The number of nitrogens with zero attached hydrogens (tertiary/aromatic N) is 3. The molecular weight excluding hydrogens is 527 g/mol. The van der Waals surface area contributed by atoms with Gasteiger partial charge in [0.1, 0.15) is 6.10 Å². The van der Waals surface area contributed by atoms with E-state index in [9.17, 15) is 0 Å². The third-order valence-electron chi connectivity index (χ3n) is 7.24. The molecule has 0 aromatic heterocycles. The largest absolute Gasteiger partial charge is 0.375 e. The second kappa shape index (κ2) is 14.5. The summed E-state index contributed by atoms with van der Waals surface area (Å²) in [5, 5.41) is 3.58. The average Bonchev–Trinajstić information content (AvgIpc) is 3.38. The average molecular weight is 571 g/mol. The number of likely N-dealkylation sites (tertiary alicyclic amines) is 1. The van der Waals surface area contributed by atoms with Crippen LogP contribution in [0.1, 0.15) is 44.1 Å². The number of rotatable bonds is 8. The molecule has 1 N–H and O–H groups in total. The van der Waals surface area contributed by atoms with E-state index in [2.05, 4.69) is 50.4 Å². The molecule has 2 atom stereocenters. The van der Waals surface area contributed by atoms with E-state index in [0.29, 0.717) is 0 Å². The molecule has 6 nitrogen and oxygen atoms in total. The minimum Gasteiger partial charge on any atom is -0.375 e. The molecule has 3 heterocycles. The quantitative estimate of drug-likeness (QED) is 0.223. The first-order valence-corrected chi connectivity index (χ1v) is 12.8. The first kappa shape index (κ1) is 26.7. The van der Waals surface area contributed by atoms with Crippen molar-refractivity contribution in [2.24, 2.45) is 10.9 Å². The van der Waals surface area contributed by atoms with Crippen LogP contribution < -0.4 is 5.32 Å². The van der Waals surface area contributed by atoms with Crippen molar-refractivity contribution in [3.05, 3.63) is 35.9 Å². The Morgan fingerprint density at radius 2 is 1.79 bits per heavy atom. The Labute approximate surface area is 217 Å². The molecule has 3 aliphatic heterocycles. The van der Waals surface area contributed by atoms with Gasteiger partial charge in [-0.15, -0.1) is 24.0 Å². The zero-order chi connectivity index (χ0) is 22.0. The van der Waals surface area contributed by atoms with Gasteiger partial charge in [0.05, 0.1) is 12.7 Å². The number of nitrogens with one attached hydrogen (secondary N) is 1. The van der Waals surface area contributed by atoms with E-state index in [1.807, 2.05) is 7.05 Å². The Morgan fingerprint density at radius 1 is 1.00 bits per heavy atom. The standard InChI is InChI=1S/C26H42N4O2.HI/c1-27-26(30-17-19-32-25(21-30)24-10-7-18-31-24)28-13-5-6-14-29-15-11-23(12-16-29)20-22-8-3-2-4-9-22;/h2-4,8-9,23-25H,5-7,10-21H2,1H3,(H,27,28);1H. The Bertz CT molecular complexity index is 691. The maximum atomic E-state index is 5.98. The summed E-state index contributed by atoms with van der Waals surface area (Å²) in [5.74, 6) is 1.86. The highest BCUT2D eigenvalue weighted by atomic mass is 127. The van der Waals surface area contributed by atoms with Crippen LogP contribution in [0.15, 0.2) is 35.3 Å². The predicted octanol–water partition coefficient (Wildman–Crippen LogP) is 3.79. The molecule has 4 rings (SSSR count). The number of piperidine rings is 1. The predicted molar refractivity (Wildman–Crippen MR) is 146 cm³/mol. The summed E-state index contributed by atoms with van der Waals surface area (Å²) in [7, 11) is 1.89. The van der Waals surface area contributed by atoms with Gasteiger partial charge in [0.15, 0.2) is 5.96 Å². The summed E-state index contributed by atoms with van der Waals surface area (Å²) in [6, 6.07) is 11.0. The molecule has 3 aliphatic rings. The van der Waals surface area contributed by atoms with Crippen LogP contribution >= 0.6 is 24.0 Å².